The highest BCUT2D eigenvalue weighted by Gasteiger charge is 2.54. The summed E-state index contributed by atoms with van der Waals surface area (Å²) in [7, 11) is -8.93. The van der Waals surface area contributed by atoms with Crippen molar-refractivity contribution >= 4 is 32.7 Å². The second kappa shape index (κ2) is 8.03. The number of hydrogen-bond acceptors (Lipinski definition) is 7. The molecule has 4 unspecified atom stereocenters. The Hall–Kier alpha value is -1.24. The molecule has 3 fully saturated rings. The first-order valence-corrected chi connectivity index (χ1v) is 13.1. The van der Waals surface area contributed by atoms with Crippen LogP contribution in [-0.4, -0.2) is 60.1 Å². The fraction of sp³-hybridized carbons (Fsp3) is 0.889. The lowest BCUT2D eigenvalue weighted by Crippen LogP contribution is -2.50. The smallest absolute Gasteiger partial charge is 0.307 e. The van der Waals surface area contributed by atoms with Crippen LogP contribution in [0.3, 0.4) is 0 Å². The van der Waals surface area contributed by atoms with Crippen LogP contribution in [0.4, 0.5) is 0 Å². The minimum atomic E-state index is -4.51. The summed E-state index contributed by atoms with van der Waals surface area (Å²) < 4.78 is 71.5. The monoisotopic (exact) mass is 468 g/mol. The predicted molar refractivity (Wildman–Crippen MR) is 104 cm³/mol. The molecular formula is C18H28O10S2. The maximum Gasteiger partial charge on any atom is 0.307 e. The van der Waals surface area contributed by atoms with Gasteiger partial charge in [0, 0.05) is 0 Å². The first kappa shape index (κ1) is 23.4. The van der Waals surface area contributed by atoms with Gasteiger partial charge < -0.3 is 9.84 Å². The molecule has 0 aromatic heterocycles. The Bertz CT molecular complexity index is 886. The molecule has 30 heavy (non-hydrogen) atoms. The molecule has 0 heterocycles. The molecule has 3 saturated carbocycles. The van der Waals surface area contributed by atoms with Crippen molar-refractivity contribution in [2.24, 2.45) is 16.7 Å². The topological polar surface area (TPSA) is 172 Å². The quantitative estimate of drug-likeness (QED) is 0.398. The third kappa shape index (κ3) is 4.66. The van der Waals surface area contributed by atoms with Crippen LogP contribution in [0.25, 0.3) is 0 Å². The van der Waals surface area contributed by atoms with Crippen LogP contribution in [0, 0.1) is 16.7 Å². The molecule has 0 aromatic carbocycles. The van der Waals surface area contributed by atoms with Crippen LogP contribution in [0.1, 0.15) is 64.2 Å². The average Bonchev–Trinajstić information content (AvgIpc) is 2.64. The van der Waals surface area contributed by atoms with E-state index in [0.717, 1.165) is 0 Å². The molecule has 3 rings (SSSR count). The van der Waals surface area contributed by atoms with Gasteiger partial charge in [-0.3, -0.25) is 18.7 Å². The van der Waals surface area contributed by atoms with Gasteiger partial charge in [0.25, 0.3) is 26.7 Å². The zero-order chi connectivity index (χ0) is 22.4. The lowest BCUT2D eigenvalue weighted by atomic mass is 9.54. The average molecular weight is 469 g/mol. The SMILES string of the molecule is O=COC1CCC2(CCC3(CCC(C(=O)O)C(S(=O)(=O)O)C3)CC2)CC1S(=O)(=O)O. The zero-order valence-electron chi connectivity index (χ0n) is 16.5. The summed E-state index contributed by atoms with van der Waals surface area (Å²) in [6, 6.07) is 0. The molecule has 4 atom stereocenters. The number of carboxylic acid groups (broad SMARTS) is 1. The Balaban J connectivity index is 1.75. The summed E-state index contributed by atoms with van der Waals surface area (Å²) in [6.07, 6.45) is 3.32. The van der Waals surface area contributed by atoms with Crippen LogP contribution in [0.5, 0.6) is 0 Å². The first-order chi connectivity index (χ1) is 13.8. The van der Waals surface area contributed by atoms with Crippen LogP contribution in [-0.2, 0) is 34.6 Å². The van der Waals surface area contributed by atoms with E-state index in [2.05, 4.69) is 0 Å². The van der Waals surface area contributed by atoms with Gasteiger partial charge in [0.2, 0.25) is 0 Å². The molecule has 10 nitrogen and oxygen atoms in total. The van der Waals surface area contributed by atoms with Crippen molar-refractivity contribution in [3.05, 3.63) is 0 Å². The summed E-state index contributed by atoms with van der Waals surface area (Å²) in [4.78, 5) is 22.1. The molecule has 0 bridgehead atoms. The van der Waals surface area contributed by atoms with E-state index in [1.807, 2.05) is 0 Å². The van der Waals surface area contributed by atoms with E-state index in [0.29, 0.717) is 44.9 Å². The molecule has 0 amide bonds. The second-order valence-electron chi connectivity index (χ2n) is 9.31. The molecule has 2 spiro atoms. The molecule has 0 radical (unpaired) electrons. The summed E-state index contributed by atoms with van der Waals surface area (Å²) in [5, 5.41) is 6.80. The van der Waals surface area contributed by atoms with Gasteiger partial charge in [0.1, 0.15) is 16.6 Å². The number of carbonyl (C=O) groups is 2. The maximum absolute atomic E-state index is 11.9. The molecule has 0 aliphatic heterocycles. The van der Waals surface area contributed by atoms with Gasteiger partial charge >= 0.3 is 5.97 Å². The Morgan fingerprint density at radius 1 is 0.833 bits per heavy atom. The Kier molecular flexibility index (Phi) is 6.27. The number of hydrogen-bond donors (Lipinski definition) is 3. The highest BCUT2D eigenvalue weighted by Crippen LogP contribution is 2.58. The van der Waals surface area contributed by atoms with Gasteiger partial charge in [-0.15, -0.1) is 0 Å². The lowest BCUT2D eigenvalue weighted by Gasteiger charge is -2.53. The first-order valence-electron chi connectivity index (χ1n) is 10.1. The molecule has 3 aliphatic carbocycles. The fourth-order valence-electron chi connectivity index (χ4n) is 5.95. The van der Waals surface area contributed by atoms with Crippen molar-refractivity contribution in [2.75, 3.05) is 0 Å². The third-order valence-electron chi connectivity index (χ3n) is 7.76. The van der Waals surface area contributed by atoms with E-state index in [1.165, 1.54) is 0 Å². The van der Waals surface area contributed by atoms with Crippen molar-refractivity contribution < 1.29 is 45.4 Å². The van der Waals surface area contributed by atoms with Gasteiger partial charge in [-0.25, -0.2) is 0 Å². The second-order valence-corrected chi connectivity index (χ2v) is 12.6. The van der Waals surface area contributed by atoms with E-state index >= 15 is 0 Å². The van der Waals surface area contributed by atoms with Gasteiger partial charge in [-0.05, 0) is 75.0 Å². The molecule has 3 N–H and O–H groups in total. The van der Waals surface area contributed by atoms with Crippen LogP contribution in [0.15, 0.2) is 0 Å². The van der Waals surface area contributed by atoms with Crippen molar-refractivity contribution in [1.82, 2.24) is 0 Å². The molecule has 0 aromatic rings. The van der Waals surface area contributed by atoms with Gasteiger partial charge in [0.15, 0.2) is 0 Å². The Morgan fingerprint density at radius 3 is 1.73 bits per heavy atom. The number of carboxylic acids is 1. The predicted octanol–water partition coefficient (Wildman–Crippen LogP) is 1.66. The summed E-state index contributed by atoms with van der Waals surface area (Å²) in [5.41, 5.74) is -0.785. The molecule has 3 aliphatic rings. The highest BCUT2D eigenvalue weighted by molar-refractivity contribution is 7.86. The molecule has 12 heteroatoms. The molecule has 0 saturated heterocycles. The third-order valence-corrected chi connectivity index (χ3v) is 10.3. The van der Waals surface area contributed by atoms with Crippen LogP contribution in [0.2, 0.25) is 0 Å². The summed E-state index contributed by atoms with van der Waals surface area (Å²) >= 11 is 0. The minimum absolute atomic E-state index is 0.0669. The van der Waals surface area contributed by atoms with Gasteiger partial charge in [-0.1, -0.05) is 0 Å². The summed E-state index contributed by atoms with van der Waals surface area (Å²) in [5.74, 6) is -2.37. The number of aliphatic carboxylic acids is 1. The zero-order valence-corrected chi connectivity index (χ0v) is 18.1. The Morgan fingerprint density at radius 2 is 1.30 bits per heavy atom. The van der Waals surface area contributed by atoms with Gasteiger partial charge in [-0.2, -0.15) is 16.8 Å². The lowest BCUT2D eigenvalue weighted by molar-refractivity contribution is -0.144. The maximum atomic E-state index is 11.9. The normalized spacial score (nSPS) is 40.2. The standard InChI is InChI=1S/C18H28O10S2/c19-11-28-13-2-4-18(10-15(13)30(25,26)27)7-5-17(6-8-18)3-1-12(16(20)21)14(9-17)29(22,23)24/h11-15H,1-10H2,(H,20,21)(H,22,23,24)(H,25,26,27). The van der Waals surface area contributed by atoms with Gasteiger partial charge in [0.05, 0.1) is 5.92 Å². The number of rotatable bonds is 5. The minimum Gasteiger partial charge on any atom is -0.481 e. The van der Waals surface area contributed by atoms with E-state index in [4.69, 9.17) is 4.74 Å². The molecular weight excluding hydrogens is 440 g/mol. The van der Waals surface area contributed by atoms with Crippen LogP contribution < -0.4 is 0 Å². The number of carbonyl (C=O) groups excluding carboxylic acids is 1. The molecule has 172 valence electrons. The largest absolute Gasteiger partial charge is 0.481 e. The van der Waals surface area contributed by atoms with E-state index in [9.17, 15) is 40.6 Å². The van der Waals surface area contributed by atoms with E-state index in [-0.39, 0.29) is 31.1 Å². The van der Waals surface area contributed by atoms with E-state index < -0.39 is 54.1 Å². The fourth-order valence-corrected chi connectivity index (χ4v) is 8.33. The number of ether oxygens (including phenoxy) is 1. The van der Waals surface area contributed by atoms with Crippen molar-refractivity contribution in [2.45, 2.75) is 80.8 Å². The van der Waals surface area contributed by atoms with Crippen LogP contribution >= 0.6 is 0 Å². The summed E-state index contributed by atoms with van der Waals surface area (Å²) in [6.45, 7) is 0.188. The Labute approximate surface area is 175 Å². The highest BCUT2D eigenvalue weighted by atomic mass is 32.2. The van der Waals surface area contributed by atoms with Crippen molar-refractivity contribution in [3.63, 3.8) is 0 Å². The van der Waals surface area contributed by atoms with Crippen molar-refractivity contribution in [3.8, 4) is 0 Å². The van der Waals surface area contributed by atoms with Crippen molar-refractivity contribution in [1.29, 1.82) is 0 Å². The van der Waals surface area contributed by atoms with E-state index in [1.54, 1.807) is 0 Å².